The average Bonchev–Trinajstić information content (AvgIpc) is 2.77. The fourth-order valence-corrected chi connectivity index (χ4v) is 2.31. The second kappa shape index (κ2) is 7.04. The smallest absolute Gasteiger partial charge is 0.160 e. The number of hydrogen-bond acceptors (Lipinski definition) is 3. The molecule has 20 heavy (non-hydrogen) atoms. The van der Waals surface area contributed by atoms with Crippen LogP contribution in [0.25, 0.3) is 11.2 Å². The molecule has 2 rings (SSSR count). The second-order valence-corrected chi connectivity index (χ2v) is 6.06. The summed E-state index contributed by atoms with van der Waals surface area (Å²) in [4.78, 5) is 8.98. The molecule has 110 valence electrons. The van der Waals surface area contributed by atoms with E-state index in [2.05, 4.69) is 28.4 Å². The van der Waals surface area contributed by atoms with Gasteiger partial charge in [0, 0.05) is 26.0 Å². The lowest BCUT2D eigenvalue weighted by atomic mass is 10.2. The first-order valence-corrected chi connectivity index (χ1v) is 7.56. The van der Waals surface area contributed by atoms with Gasteiger partial charge in [-0.3, -0.25) is 0 Å². The minimum Gasteiger partial charge on any atom is -0.381 e. The molecule has 0 aliphatic heterocycles. The Morgan fingerprint density at radius 1 is 1.35 bits per heavy atom. The van der Waals surface area contributed by atoms with E-state index in [1.165, 1.54) is 0 Å². The summed E-state index contributed by atoms with van der Waals surface area (Å²) in [6.45, 7) is 8.64. The van der Waals surface area contributed by atoms with Crippen molar-refractivity contribution >= 4 is 22.8 Å². The normalized spacial score (nSPS) is 13.2. The Hall–Kier alpha value is -1.13. The third kappa shape index (κ3) is 3.70. The molecular weight excluding hydrogens is 274 g/mol. The minimum absolute atomic E-state index is 0.124. The SMILES string of the molecule is CC(C)COCCCn1c(C(C)Cl)nc2cccnc21. The molecule has 0 aromatic carbocycles. The number of ether oxygens (including phenoxy) is 1. The van der Waals surface area contributed by atoms with Crippen LogP contribution in [0.4, 0.5) is 0 Å². The monoisotopic (exact) mass is 295 g/mol. The summed E-state index contributed by atoms with van der Waals surface area (Å²) in [7, 11) is 0. The molecule has 0 amide bonds. The number of hydrogen-bond donors (Lipinski definition) is 0. The zero-order valence-corrected chi connectivity index (χ0v) is 13.1. The molecular formula is C15H22ClN3O. The van der Waals surface area contributed by atoms with Crippen LogP contribution in [0.5, 0.6) is 0 Å². The molecule has 1 atom stereocenters. The zero-order valence-electron chi connectivity index (χ0n) is 12.3. The highest BCUT2D eigenvalue weighted by Gasteiger charge is 2.15. The number of pyridine rings is 1. The quantitative estimate of drug-likeness (QED) is 0.576. The Bertz CT molecular complexity index is 551. The molecule has 1 unspecified atom stereocenters. The van der Waals surface area contributed by atoms with Gasteiger partial charge in [-0.25, -0.2) is 9.97 Å². The number of aromatic nitrogens is 3. The molecule has 4 nitrogen and oxygen atoms in total. The average molecular weight is 296 g/mol. The summed E-state index contributed by atoms with van der Waals surface area (Å²) in [6, 6.07) is 3.87. The van der Waals surface area contributed by atoms with Gasteiger partial charge < -0.3 is 9.30 Å². The van der Waals surface area contributed by atoms with Crippen LogP contribution in [0.2, 0.25) is 0 Å². The van der Waals surface area contributed by atoms with E-state index < -0.39 is 0 Å². The van der Waals surface area contributed by atoms with Gasteiger partial charge >= 0.3 is 0 Å². The molecule has 0 saturated carbocycles. The Balaban J connectivity index is 2.06. The molecule has 2 heterocycles. The molecule has 0 N–H and O–H groups in total. The Morgan fingerprint density at radius 3 is 2.85 bits per heavy atom. The molecule has 2 aromatic rings. The fourth-order valence-electron chi connectivity index (χ4n) is 2.14. The maximum absolute atomic E-state index is 6.22. The van der Waals surface area contributed by atoms with E-state index in [0.29, 0.717) is 5.92 Å². The first kappa shape index (κ1) is 15.3. The van der Waals surface area contributed by atoms with Gasteiger partial charge in [-0.05, 0) is 31.4 Å². The van der Waals surface area contributed by atoms with Crippen LogP contribution in [0.1, 0.15) is 38.4 Å². The van der Waals surface area contributed by atoms with E-state index in [1.54, 1.807) is 6.20 Å². The van der Waals surface area contributed by atoms with Crippen LogP contribution >= 0.6 is 11.6 Å². The van der Waals surface area contributed by atoms with Crippen molar-refractivity contribution in [3.63, 3.8) is 0 Å². The van der Waals surface area contributed by atoms with Crippen LogP contribution in [0, 0.1) is 5.92 Å². The van der Waals surface area contributed by atoms with Gasteiger partial charge in [0.15, 0.2) is 5.65 Å². The highest BCUT2D eigenvalue weighted by Crippen LogP contribution is 2.23. The number of halogens is 1. The van der Waals surface area contributed by atoms with E-state index in [0.717, 1.165) is 43.2 Å². The molecule has 0 fully saturated rings. The first-order chi connectivity index (χ1) is 9.59. The van der Waals surface area contributed by atoms with Crippen LogP contribution in [0.15, 0.2) is 18.3 Å². The Kier molecular flexibility index (Phi) is 5.38. The number of fused-ring (bicyclic) bond motifs is 1. The summed E-state index contributed by atoms with van der Waals surface area (Å²) in [5.74, 6) is 1.45. The van der Waals surface area contributed by atoms with Gasteiger partial charge in [0.2, 0.25) is 0 Å². The summed E-state index contributed by atoms with van der Waals surface area (Å²) < 4.78 is 7.72. The van der Waals surface area contributed by atoms with Crippen molar-refractivity contribution in [2.45, 2.75) is 39.1 Å². The van der Waals surface area contributed by atoms with Crippen molar-refractivity contribution in [1.29, 1.82) is 0 Å². The standard InChI is InChI=1S/C15H22ClN3O/c1-11(2)10-20-9-5-8-19-14(12(3)16)18-13-6-4-7-17-15(13)19/h4,6-7,11-12H,5,8-10H2,1-3H3. The lowest BCUT2D eigenvalue weighted by Crippen LogP contribution is -2.09. The van der Waals surface area contributed by atoms with Gasteiger partial charge in [-0.15, -0.1) is 11.6 Å². The van der Waals surface area contributed by atoms with E-state index in [-0.39, 0.29) is 5.38 Å². The molecule has 5 heteroatoms. The third-order valence-electron chi connectivity index (χ3n) is 3.01. The van der Waals surface area contributed by atoms with Crippen LogP contribution in [-0.2, 0) is 11.3 Å². The number of nitrogens with zero attached hydrogens (tertiary/aromatic N) is 3. The third-order valence-corrected chi connectivity index (χ3v) is 3.21. The molecule has 0 aliphatic carbocycles. The van der Waals surface area contributed by atoms with Crippen molar-refractivity contribution in [2.24, 2.45) is 5.92 Å². The predicted molar refractivity (Wildman–Crippen MR) is 82.1 cm³/mol. The molecule has 0 bridgehead atoms. The van der Waals surface area contributed by atoms with Gasteiger partial charge in [-0.2, -0.15) is 0 Å². The van der Waals surface area contributed by atoms with Gasteiger partial charge in [0.1, 0.15) is 11.3 Å². The maximum atomic E-state index is 6.22. The van der Waals surface area contributed by atoms with Gasteiger partial charge in [0.25, 0.3) is 0 Å². The lowest BCUT2D eigenvalue weighted by Gasteiger charge is -2.11. The maximum Gasteiger partial charge on any atom is 0.160 e. The van der Waals surface area contributed by atoms with E-state index in [9.17, 15) is 0 Å². The van der Waals surface area contributed by atoms with Crippen molar-refractivity contribution in [3.05, 3.63) is 24.2 Å². The Labute approximate surface area is 125 Å². The van der Waals surface area contributed by atoms with Gasteiger partial charge in [-0.1, -0.05) is 13.8 Å². The number of alkyl halides is 1. The summed E-state index contributed by atoms with van der Waals surface area (Å²) >= 11 is 6.22. The number of imidazole rings is 1. The largest absolute Gasteiger partial charge is 0.381 e. The van der Waals surface area contributed by atoms with Crippen molar-refractivity contribution in [1.82, 2.24) is 14.5 Å². The highest BCUT2D eigenvalue weighted by molar-refractivity contribution is 6.20. The Morgan fingerprint density at radius 2 is 2.15 bits per heavy atom. The number of rotatable bonds is 7. The second-order valence-electron chi connectivity index (χ2n) is 5.41. The van der Waals surface area contributed by atoms with Crippen molar-refractivity contribution in [2.75, 3.05) is 13.2 Å². The minimum atomic E-state index is -0.124. The lowest BCUT2D eigenvalue weighted by molar-refractivity contribution is 0.105. The summed E-state index contributed by atoms with van der Waals surface area (Å²) in [5, 5.41) is -0.124. The van der Waals surface area contributed by atoms with E-state index in [4.69, 9.17) is 16.3 Å². The molecule has 0 radical (unpaired) electrons. The molecule has 2 aromatic heterocycles. The van der Waals surface area contributed by atoms with E-state index in [1.807, 2.05) is 19.1 Å². The highest BCUT2D eigenvalue weighted by atomic mass is 35.5. The first-order valence-electron chi connectivity index (χ1n) is 7.12. The molecule has 0 saturated heterocycles. The van der Waals surface area contributed by atoms with Crippen molar-refractivity contribution < 1.29 is 4.74 Å². The van der Waals surface area contributed by atoms with Crippen LogP contribution in [-0.4, -0.2) is 27.7 Å². The topological polar surface area (TPSA) is 39.9 Å². The number of aryl methyl sites for hydroxylation is 1. The van der Waals surface area contributed by atoms with Crippen LogP contribution < -0.4 is 0 Å². The van der Waals surface area contributed by atoms with Crippen molar-refractivity contribution in [3.8, 4) is 0 Å². The fraction of sp³-hybridized carbons (Fsp3) is 0.600. The van der Waals surface area contributed by atoms with Gasteiger partial charge in [0.05, 0.1) is 5.38 Å². The molecule has 0 spiro atoms. The summed E-state index contributed by atoms with van der Waals surface area (Å²) in [5.41, 5.74) is 1.80. The zero-order chi connectivity index (χ0) is 14.5. The van der Waals surface area contributed by atoms with E-state index >= 15 is 0 Å². The summed E-state index contributed by atoms with van der Waals surface area (Å²) in [6.07, 6.45) is 2.73. The molecule has 0 aliphatic rings. The van der Waals surface area contributed by atoms with Crippen LogP contribution in [0.3, 0.4) is 0 Å². The predicted octanol–water partition coefficient (Wildman–Crippen LogP) is 3.79.